The third-order valence-electron chi connectivity index (χ3n) is 3.59. The van der Waals surface area contributed by atoms with Crippen LogP contribution in [0.3, 0.4) is 0 Å². The molecule has 0 spiro atoms. The first-order valence-corrected chi connectivity index (χ1v) is 7.18. The first-order valence-electron chi connectivity index (χ1n) is 6.30. The second kappa shape index (κ2) is 4.32. The molecule has 8 heteroatoms. The Morgan fingerprint density at radius 2 is 2.10 bits per heavy atom. The zero-order chi connectivity index (χ0) is 14.6. The van der Waals surface area contributed by atoms with E-state index in [4.69, 9.17) is 4.74 Å². The fourth-order valence-corrected chi connectivity index (χ4v) is 3.77. The molecule has 2 aliphatic heterocycles. The fourth-order valence-electron chi connectivity index (χ4n) is 2.63. The topological polar surface area (TPSA) is 86.1 Å². The van der Waals surface area contributed by atoms with Gasteiger partial charge in [-0.1, -0.05) is 30.0 Å². The normalized spacial score (nSPS) is 22.0. The van der Waals surface area contributed by atoms with Gasteiger partial charge in [0, 0.05) is 5.56 Å². The van der Waals surface area contributed by atoms with Gasteiger partial charge in [-0.25, -0.2) is 0 Å². The number of nitrogens with one attached hydrogen (secondary N) is 1. The number of hydrogen-bond donors (Lipinski definition) is 1. The Morgan fingerprint density at radius 3 is 2.86 bits per heavy atom. The predicted molar refractivity (Wildman–Crippen MR) is 73.6 cm³/mol. The molecule has 1 unspecified atom stereocenters. The Bertz CT molecular complexity index is 773. The number of nitrogens with zero attached hydrogens (tertiary/aromatic N) is 3. The van der Waals surface area contributed by atoms with Crippen molar-refractivity contribution in [3.8, 4) is 11.4 Å². The highest BCUT2D eigenvalue weighted by Gasteiger charge is 2.45. The molecule has 0 radical (unpaired) electrons. The van der Waals surface area contributed by atoms with E-state index in [-0.39, 0.29) is 5.91 Å². The summed E-state index contributed by atoms with van der Waals surface area (Å²) in [5.41, 5.74) is 1.23. The highest BCUT2D eigenvalue weighted by atomic mass is 32.2. The van der Waals surface area contributed by atoms with Crippen molar-refractivity contribution in [2.45, 2.75) is 16.6 Å². The first-order chi connectivity index (χ1) is 10.2. The van der Waals surface area contributed by atoms with Crippen LogP contribution >= 0.6 is 11.8 Å². The van der Waals surface area contributed by atoms with E-state index in [9.17, 15) is 9.59 Å². The quantitative estimate of drug-likeness (QED) is 0.785. The van der Waals surface area contributed by atoms with Gasteiger partial charge >= 0.3 is 5.97 Å². The van der Waals surface area contributed by atoms with E-state index in [2.05, 4.69) is 15.5 Å². The lowest BCUT2D eigenvalue weighted by Crippen LogP contribution is -2.38. The van der Waals surface area contributed by atoms with E-state index in [1.165, 1.54) is 18.9 Å². The lowest BCUT2D eigenvalue weighted by Gasteiger charge is -2.18. The average molecular weight is 302 g/mol. The number of hydrogen-bond acceptors (Lipinski definition) is 6. The van der Waals surface area contributed by atoms with Crippen molar-refractivity contribution in [2.24, 2.45) is 0 Å². The number of aromatic nitrogens is 3. The zero-order valence-corrected chi connectivity index (χ0v) is 11.8. The molecule has 106 valence electrons. The van der Waals surface area contributed by atoms with Gasteiger partial charge in [0.15, 0.2) is 11.0 Å². The van der Waals surface area contributed by atoms with Crippen molar-refractivity contribution in [2.75, 3.05) is 7.11 Å². The van der Waals surface area contributed by atoms with Crippen LogP contribution in [0.15, 0.2) is 29.4 Å². The van der Waals surface area contributed by atoms with Crippen LogP contribution in [0.5, 0.6) is 0 Å². The SMILES string of the molecule is COC(=O)C1Sc2nnc3n2[C@H]1NC(=O)c1ccccc1-3. The summed E-state index contributed by atoms with van der Waals surface area (Å²) in [4.78, 5) is 24.3. The largest absolute Gasteiger partial charge is 0.468 e. The van der Waals surface area contributed by atoms with E-state index < -0.39 is 17.4 Å². The summed E-state index contributed by atoms with van der Waals surface area (Å²) in [6.07, 6.45) is -0.539. The minimum Gasteiger partial charge on any atom is -0.468 e. The molecule has 4 rings (SSSR count). The van der Waals surface area contributed by atoms with Crippen LogP contribution in [0, 0.1) is 0 Å². The number of methoxy groups -OCH3 is 1. The maximum Gasteiger partial charge on any atom is 0.323 e. The Hall–Kier alpha value is -2.35. The highest BCUT2D eigenvalue weighted by molar-refractivity contribution is 8.00. The molecular formula is C13H10N4O3S. The summed E-state index contributed by atoms with van der Waals surface area (Å²) in [6, 6.07) is 7.19. The van der Waals surface area contributed by atoms with Crippen molar-refractivity contribution in [1.82, 2.24) is 20.1 Å². The van der Waals surface area contributed by atoms with Gasteiger partial charge in [-0.05, 0) is 6.07 Å². The number of ether oxygens (including phenoxy) is 1. The standard InChI is InChI=1S/C13H10N4O3S/c1-20-12(19)8-10-14-11(18)7-5-3-2-4-6(7)9-15-16-13(21-8)17(9)10/h2-5,8,10H,1H3,(H,14,18)/t8?,10-/m1/s1. The molecule has 2 aromatic rings. The molecule has 7 nitrogen and oxygen atoms in total. The highest BCUT2D eigenvalue weighted by Crippen LogP contribution is 2.43. The van der Waals surface area contributed by atoms with Crippen molar-refractivity contribution in [1.29, 1.82) is 0 Å². The third-order valence-corrected chi connectivity index (χ3v) is 4.78. The van der Waals surface area contributed by atoms with E-state index in [1.807, 2.05) is 12.1 Å². The number of fused-ring (bicyclic) bond motifs is 2. The van der Waals surface area contributed by atoms with Crippen molar-refractivity contribution < 1.29 is 14.3 Å². The van der Waals surface area contributed by atoms with Crippen LogP contribution in [0.25, 0.3) is 11.4 Å². The maximum absolute atomic E-state index is 12.4. The Kier molecular flexibility index (Phi) is 2.55. The third kappa shape index (κ3) is 1.62. The molecule has 0 saturated heterocycles. The van der Waals surface area contributed by atoms with Crippen LogP contribution < -0.4 is 5.32 Å². The number of esters is 1. The van der Waals surface area contributed by atoms with Gasteiger partial charge < -0.3 is 10.1 Å². The molecule has 3 heterocycles. The lowest BCUT2D eigenvalue weighted by atomic mass is 10.1. The van der Waals surface area contributed by atoms with Crippen molar-refractivity contribution in [3.05, 3.63) is 29.8 Å². The Labute approximate surface area is 123 Å². The monoisotopic (exact) mass is 302 g/mol. The molecule has 0 saturated carbocycles. The van der Waals surface area contributed by atoms with Gasteiger partial charge in [-0.2, -0.15) is 0 Å². The van der Waals surface area contributed by atoms with Crippen LogP contribution in [-0.4, -0.2) is 39.0 Å². The fraction of sp³-hybridized carbons (Fsp3) is 0.231. The maximum atomic E-state index is 12.4. The molecule has 1 N–H and O–H groups in total. The van der Waals surface area contributed by atoms with E-state index in [0.29, 0.717) is 22.1 Å². The summed E-state index contributed by atoms with van der Waals surface area (Å²) in [5, 5.41) is 11.2. The molecule has 0 aliphatic carbocycles. The number of carbonyl (C=O) groups excluding carboxylic acids is 2. The first kappa shape index (κ1) is 12.4. The Morgan fingerprint density at radius 1 is 1.33 bits per heavy atom. The summed E-state index contributed by atoms with van der Waals surface area (Å²) in [6.45, 7) is 0. The summed E-state index contributed by atoms with van der Waals surface area (Å²) >= 11 is 1.25. The molecule has 0 bridgehead atoms. The molecule has 21 heavy (non-hydrogen) atoms. The second-order valence-corrected chi connectivity index (χ2v) is 5.81. The molecule has 1 aromatic carbocycles. The van der Waals surface area contributed by atoms with Crippen molar-refractivity contribution >= 4 is 23.6 Å². The van der Waals surface area contributed by atoms with E-state index >= 15 is 0 Å². The minimum absolute atomic E-state index is 0.233. The summed E-state index contributed by atoms with van der Waals surface area (Å²) < 4.78 is 6.60. The molecule has 0 fully saturated rings. The zero-order valence-electron chi connectivity index (χ0n) is 10.9. The summed E-state index contributed by atoms with van der Waals surface area (Å²) in [5.74, 6) is -0.0426. The lowest BCUT2D eigenvalue weighted by molar-refractivity contribution is -0.140. The van der Waals surface area contributed by atoms with E-state index in [0.717, 1.165) is 0 Å². The average Bonchev–Trinajstić information content (AvgIpc) is 3.03. The molecule has 1 amide bonds. The summed E-state index contributed by atoms with van der Waals surface area (Å²) in [7, 11) is 1.33. The predicted octanol–water partition coefficient (Wildman–Crippen LogP) is 0.834. The number of carbonyl (C=O) groups is 2. The van der Waals surface area contributed by atoms with Gasteiger partial charge in [-0.3, -0.25) is 14.2 Å². The van der Waals surface area contributed by atoms with Gasteiger partial charge in [-0.15, -0.1) is 10.2 Å². The second-order valence-electron chi connectivity index (χ2n) is 4.70. The molecule has 1 aromatic heterocycles. The van der Waals surface area contributed by atoms with Gasteiger partial charge in [0.2, 0.25) is 0 Å². The minimum atomic E-state index is -0.558. The van der Waals surface area contributed by atoms with Crippen LogP contribution in [0.1, 0.15) is 16.5 Å². The van der Waals surface area contributed by atoms with Gasteiger partial charge in [0.05, 0.1) is 12.7 Å². The molecule has 2 aliphatic rings. The number of benzene rings is 1. The van der Waals surface area contributed by atoms with Crippen LogP contribution in [0.2, 0.25) is 0 Å². The molecule has 2 atom stereocenters. The van der Waals surface area contributed by atoms with Crippen LogP contribution in [0.4, 0.5) is 0 Å². The number of thioether (sulfide) groups is 1. The van der Waals surface area contributed by atoms with E-state index in [1.54, 1.807) is 16.7 Å². The van der Waals surface area contributed by atoms with Crippen molar-refractivity contribution in [3.63, 3.8) is 0 Å². The molecular weight excluding hydrogens is 292 g/mol. The van der Waals surface area contributed by atoms with Gasteiger partial charge in [0.1, 0.15) is 11.4 Å². The van der Waals surface area contributed by atoms with Crippen LogP contribution in [-0.2, 0) is 9.53 Å². The number of rotatable bonds is 1. The van der Waals surface area contributed by atoms with Gasteiger partial charge in [0.25, 0.3) is 5.91 Å². The Balaban J connectivity index is 1.92. The smallest absolute Gasteiger partial charge is 0.323 e. The number of amides is 1.